The number of nitrogen functional groups attached to an aromatic ring is 1. The molecule has 0 aliphatic rings. The van der Waals surface area contributed by atoms with E-state index in [1.807, 2.05) is 13.8 Å². The molecule has 100 valence electrons. The highest BCUT2D eigenvalue weighted by molar-refractivity contribution is 9.10. The zero-order valence-electron chi connectivity index (χ0n) is 10.6. The molecule has 6 heteroatoms. The van der Waals surface area contributed by atoms with E-state index in [1.165, 1.54) is 12.4 Å². The van der Waals surface area contributed by atoms with E-state index in [-0.39, 0.29) is 11.7 Å². The molecule has 1 heterocycles. The fourth-order valence-electron chi connectivity index (χ4n) is 1.79. The van der Waals surface area contributed by atoms with Crippen molar-refractivity contribution in [2.24, 2.45) is 0 Å². The molecule has 0 spiro atoms. The summed E-state index contributed by atoms with van der Waals surface area (Å²) < 4.78 is 13.6. The van der Waals surface area contributed by atoms with Crippen LogP contribution in [-0.4, -0.2) is 9.97 Å². The fourth-order valence-corrected chi connectivity index (χ4v) is 2.17. The van der Waals surface area contributed by atoms with Gasteiger partial charge in [-0.1, -0.05) is 13.8 Å². The molecule has 0 unspecified atom stereocenters. The van der Waals surface area contributed by atoms with Crippen molar-refractivity contribution in [1.82, 2.24) is 9.97 Å². The van der Waals surface area contributed by atoms with Gasteiger partial charge in [-0.2, -0.15) is 0 Å². The highest BCUT2D eigenvalue weighted by Crippen LogP contribution is 2.29. The van der Waals surface area contributed by atoms with E-state index in [9.17, 15) is 4.39 Å². The van der Waals surface area contributed by atoms with Gasteiger partial charge in [0.2, 0.25) is 0 Å². The van der Waals surface area contributed by atoms with Crippen LogP contribution in [0.4, 0.5) is 21.7 Å². The fraction of sp³-hybridized carbons (Fsp3) is 0.231. The van der Waals surface area contributed by atoms with E-state index in [0.717, 1.165) is 11.3 Å². The lowest BCUT2D eigenvalue weighted by atomic mass is 10.0. The number of hydrogen-bond acceptors (Lipinski definition) is 4. The van der Waals surface area contributed by atoms with Crippen LogP contribution < -0.4 is 11.1 Å². The van der Waals surface area contributed by atoms with Crippen molar-refractivity contribution in [2.45, 2.75) is 19.8 Å². The summed E-state index contributed by atoms with van der Waals surface area (Å²) in [6, 6.07) is 4.67. The molecule has 3 N–H and O–H groups in total. The minimum atomic E-state index is -0.308. The molecular formula is C13H14BrFN4. The number of nitrogens with one attached hydrogen (secondary N) is 1. The topological polar surface area (TPSA) is 63.8 Å². The van der Waals surface area contributed by atoms with Gasteiger partial charge in [-0.25, -0.2) is 14.4 Å². The Hall–Kier alpha value is -1.69. The van der Waals surface area contributed by atoms with Crippen molar-refractivity contribution in [2.75, 3.05) is 11.1 Å². The maximum Gasteiger partial charge on any atom is 0.139 e. The molecule has 0 amide bonds. The van der Waals surface area contributed by atoms with Gasteiger partial charge in [0.05, 0.1) is 4.47 Å². The van der Waals surface area contributed by atoms with Crippen LogP contribution in [0, 0.1) is 5.82 Å². The first-order valence-corrected chi connectivity index (χ1v) is 6.60. The number of rotatable bonds is 3. The van der Waals surface area contributed by atoms with E-state index in [2.05, 4.69) is 31.2 Å². The Kier molecular flexibility index (Phi) is 3.99. The summed E-state index contributed by atoms with van der Waals surface area (Å²) >= 11 is 3.15. The molecule has 0 atom stereocenters. The number of halogens is 2. The molecule has 2 aromatic rings. The zero-order chi connectivity index (χ0) is 14.0. The molecular weight excluding hydrogens is 311 g/mol. The number of anilines is 3. The Morgan fingerprint density at radius 1 is 1.32 bits per heavy atom. The van der Waals surface area contributed by atoms with Gasteiger partial charge in [0, 0.05) is 11.3 Å². The second-order valence-corrected chi connectivity index (χ2v) is 5.28. The Morgan fingerprint density at radius 2 is 2.05 bits per heavy atom. The molecule has 1 aromatic heterocycles. The van der Waals surface area contributed by atoms with Gasteiger partial charge in [0.15, 0.2) is 0 Å². The third-order valence-electron chi connectivity index (χ3n) is 2.67. The van der Waals surface area contributed by atoms with E-state index >= 15 is 0 Å². The van der Waals surface area contributed by atoms with Crippen LogP contribution >= 0.6 is 15.9 Å². The van der Waals surface area contributed by atoms with E-state index in [0.29, 0.717) is 16.1 Å². The van der Waals surface area contributed by atoms with Gasteiger partial charge >= 0.3 is 0 Å². The number of nitrogens with zero attached hydrogens (tertiary/aromatic N) is 2. The number of benzene rings is 1. The van der Waals surface area contributed by atoms with Crippen LogP contribution in [0.25, 0.3) is 0 Å². The molecule has 0 radical (unpaired) electrons. The maximum atomic E-state index is 13.2. The summed E-state index contributed by atoms with van der Waals surface area (Å²) in [5, 5.41) is 3.13. The largest absolute Gasteiger partial charge is 0.383 e. The van der Waals surface area contributed by atoms with Crippen molar-refractivity contribution in [3.05, 3.63) is 40.4 Å². The summed E-state index contributed by atoms with van der Waals surface area (Å²) in [5.74, 6) is 0.971. The quantitative estimate of drug-likeness (QED) is 0.900. The lowest BCUT2D eigenvalue weighted by Crippen LogP contribution is -2.06. The predicted octanol–water partition coefficient (Wildman–Crippen LogP) is 3.83. The third-order valence-corrected chi connectivity index (χ3v) is 3.28. The minimum Gasteiger partial charge on any atom is -0.383 e. The number of aromatic nitrogens is 2. The van der Waals surface area contributed by atoms with Crippen LogP contribution in [0.2, 0.25) is 0 Å². The van der Waals surface area contributed by atoms with Crippen molar-refractivity contribution in [3.63, 3.8) is 0 Å². The Balaban J connectivity index is 2.38. The Bertz CT molecular complexity index is 601. The van der Waals surface area contributed by atoms with Gasteiger partial charge in [0.1, 0.15) is 23.8 Å². The van der Waals surface area contributed by atoms with Crippen LogP contribution in [0.1, 0.15) is 25.3 Å². The molecule has 2 rings (SSSR count). The summed E-state index contributed by atoms with van der Waals surface area (Å²) in [5.41, 5.74) is 7.45. The van der Waals surface area contributed by atoms with Crippen molar-refractivity contribution < 1.29 is 4.39 Å². The first-order chi connectivity index (χ1) is 8.99. The molecule has 0 saturated heterocycles. The van der Waals surface area contributed by atoms with Gasteiger partial charge in [-0.15, -0.1) is 0 Å². The normalized spacial score (nSPS) is 10.8. The highest BCUT2D eigenvalue weighted by Gasteiger charge is 2.13. The molecule has 0 aliphatic heterocycles. The monoisotopic (exact) mass is 324 g/mol. The average molecular weight is 325 g/mol. The Morgan fingerprint density at radius 3 is 2.68 bits per heavy atom. The Labute approximate surface area is 119 Å². The third kappa shape index (κ3) is 3.01. The lowest BCUT2D eigenvalue weighted by Gasteiger charge is -2.15. The van der Waals surface area contributed by atoms with Crippen molar-refractivity contribution in [1.29, 1.82) is 0 Å². The van der Waals surface area contributed by atoms with Crippen molar-refractivity contribution in [3.8, 4) is 0 Å². The summed E-state index contributed by atoms with van der Waals surface area (Å²) in [6.07, 6.45) is 1.40. The molecule has 4 nitrogen and oxygen atoms in total. The van der Waals surface area contributed by atoms with Crippen molar-refractivity contribution >= 4 is 33.3 Å². The first kappa shape index (κ1) is 13.7. The maximum absolute atomic E-state index is 13.2. The summed E-state index contributed by atoms with van der Waals surface area (Å²) in [4.78, 5) is 8.19. The number of nitrogens with two attached hydrogens (primary N) is 1. The van der Waals surface area contributed by atoms with E-state index < -0.39 is 0 Å². The second kappa shape index (κ2) is 5.52. The molecule has 19 heavy (non-hydrogen) atoms. The minimum absolute atomic E-state index is 0.188. The molecule has 0 saturated carbocycles. The second-order valence-electron chi connectivity index (χ2n) is 4.43. The SMILES string of the molecule is CC(C)c1c(N)ncnc1Nc1ccc(F)c(Br)c1. The standard InChI is InChI=1S/C13H14BrFN4/c1-7(2)11-12(16)17-6-18-13(11)19-8-3-4-10(15)9(14)5-8/h3-7H,1-2H3,(H3,16,17,18,19). The lowest BCUT2D eigenvalue weighted by molar-refractivity contribution is 0.621. The first-order valence-electron chi connectivity index (χ1n) is 5.81. The van der Waals surface area contributed by atoms with Gasteiger partial charge in [-0.05, 0) is 40.0 Å². The summed E-state index contributed by atoms with van der Waals surface area (Å²) in [7, 11) is 0. The predicted molar refractivity (Wildman–Crippen MR) is 77.9 cm³/mol. The van der Waals surface area contributed by atoms with Crippen LogP contribution in [0.15, 0.2) is 29.0 Å². The van der Waals surface area contributed by atoms with E-state index in [1.54, 1.807) is 12.1 Å². The summed E-state index contributed by atoms with van der Waals surface area (Å²) in [6.45, 7) is 4.03. The molecule has 0 aliphatic carbocycles. The molecule has 0 bridgehead atoms. The van der Waals surface area contributed by atoms with E-state index in [4.69, 9.17) is 5.73 Å². The highest BCUT2D eigenvalue weighted by atomic mass is 79.9. The van der Waals surface area contributed by atoms with Crippen LogP contribution in [0.3, 0.4) is 0 Å². The smallest absolute Gasteiger partial charge is 0.139 e. The zero-order valence-corrected chi connectivity index (χ0v) is 12.2. The number of hydrogen-bond donors (Lipinski definition) is 2. The van der Waals surface area contributed by atoms with Gasteiger partial charge in [0.25, 0.3) is 0 Å². The van der Waals surface area contributed by atoms with Gasteiger partial charge in [-0.3, -0.25) is 0 Å². The average Bonchev–Trinajstić information content (AvgIpc) is 2.33. The molecule has 0 fully saturated rings. The van der Waals surface area contributed by atoms with Crippen LogP contribution in [0.5, 0.6) is 0 Å². The van der Waals surface area contributed by atoms with Gasteiger partial charge < -0.3 is 11.1 Å². The van der Waals surface area contributed by atoms with Crippen LogP contribution in [-0.2, 0) is 0 Å². The molecule has 1 aromatic carbocycles.